The Kier molecular flexibility index (Phi) is 3.69. The maximum atomic E-state index is 10.6. The van der Waals surface area contributed by atoms with E-state index in [2.05, 4.69) is 19.2 Å². The number of nitro benzene ring substituents is 1. The highest BCUT2D eigenvalue weighted by Gasteiger charge is 2.49. The van der Waals surface area contributed by atoms with Gasteiger partial charge < -0.3 is 10.1 Å². The Morgan fingerprint density at radius 2 is 2.21 bits per heavy atom. The molecule has 0 saturated heterocycles. The van der Waals surface area contributed by atoms with Crippen LogP contribution in [0.2, 0.25) is 5.02 Å². The highest BCUT2D eigenvalue weighted by Crippen LogP contribution is 2.44. The van der Waals surface area contributed by atoms with Crippen molar-refractivity contribution in [3.8, 4) is 5.75 Å². The number of ether oxygens (including phenoxy) is 1. The quantitative estimate of drug-likeness (QED) is 0.682. The molecule has 6 heteroatoms. The van der Waals surface area contributed by atoms with Crippen molar-refractivity contribution >= 4 is 17.3 Å². The number of rotatable bonds is 4. The van der Waals surface area contributed by atoms with Gasteiger partial charge in [0.05, 0.1) is 9.95 Å². The Morgan fingerprint density at radius 3 is 2.68 bits per heavy atom. The summed E-state index contributed by atoms with van der Waals surface area (Å²) in [4.78, 5) is 10.2. The van der Waals surface area contributed by atoms with Gasteiger partial charge in [-0.3, -0.25) is 10.1 Å². The Morgan fingerprint density at radius 1 is 1.53 bits per heavy atom. The second-order valence-electron chi connectivity index (χ2n) is 5.38. The van der Waals surface area contributed by atoms with Crippen LogP contribution in [-0.4, -0.2) is 24.1 Å². The summed E-state index contributed by atoms with van der Waals surface area (Å²) < 4.78 is 5.87. The summed E-state index contributed by atoms with van der Waals surface area (Å²) in [7, 11) is 1.93. The third kappa shape index (κ3) is 2.53. The van der Waals surface area contributed by atoms with Crippen LogP contribution in [0, 0.1) is 15.5 Å². The fraction of sp³-hybridized carbons (Fsp3) is 0.538. The normalized spacial score (nSPS) is 24.6. The average molecular weight is 285 g/mol. The summed E-state index contributed by atoms with van der Waals surface area (Å²) in [5.74, 6) is 0.500. The molecule has 1 N–H and O–H groups in total. The zero-order chi connectivity index (χ0) is 14.2. The second-order valence-corrected chi connectivity index (χ2v) is 5.78. The second kappa shape index (κ2) is 4.98. The number of nitrogens with one attached hydrogen (secondary N) is 1. The molecule has 0 amide bonds. The molecule has 2 atom stereocenters. The molecule has 1 saturated carbocycles. The molecule has 2 rings (SSSR count). The lowest BCUT2D eigenvalue weighted by Gasteiger charge is -2.51. The summed E-state index contributed by atoms with van der Waals surface area (Å²) in [5, 5.41) is 14.2. The van der Waals surface area contributed by atoms with E-state index in [-0.39, 0.29) is 22.2 Å². The van der Waals surface area contributed by atoms with Crippen LogP contribution in [-0.2, 0) is 0 Å². The van der Waals surface area contributed by atoms with Crippen molar-refractivity contribution in [2.24, 2.45) is 5.41 Å². The lowest BCUT2D eigenvalue weighted by atomic mass is 9.64. The van der Waals surface area contributed by atoms with E-state index in [4.69, 9.17) is 16.3 Å². The fourth-order valence-corrected chi connectivity index (χ4v) is 2.65. The Bertz CT molecular complexity index is 505. The fourth-order valence-electron chi connectivity index (χ4n) is 2.43. The third-order valence-corrected chi connectivity index (χ3v) is 4.22. The van der Waals surface area contributed by atoms with E-state index >= 15 is 0 Å². The molecule has 1 aliphatic rings. The highest BCUT2D eigenvalue weighted by atomic mass is 35.5. The molecule has 0 aromatic heterocycles. The Balaban J connectivity index is 2.11. The molecule has 0 radical (unpaired) electrons. The van der Waals surface area contributed by atoms with E-state index in [1.54, 1.807) is 6.07 Å². The SMILES string of the molecule is CNC1CC(Oc2ccc([N+](=O)[O-])cc2Cl)C1(C)C. The number of non-ortho nitro benzene ring substituents is 1. The zero-order valence-corrected chi connectivity index (χ0v) is 11.9. The third-order valence-electron chi connectivity index (χ3n) is 3.92. The number of nitro groups is 1. The molecule has 0 heterocycles. The maximum Gasteiger partial charge on any atom is 0.271 e. The first-order chi connectivity index (χ1) is 8.86. The molecular formula is C13H17ClN2O3. The molecule has 0 spiro atoms. The van der Waals surface area contributed by atoms with Crippen molar-refractivity contribution in [2.75, 3.05) is 7.05 Å². The van der Waals surface area contributed by atoms with E-state index in [0.29, 0.717) is 11.8 Å². The lowest BCUT2D eigenvalue weighted by Crippen LogP contribution is -2.61. The first-order valence-electron chi connectivity index (χ1n) is 6.14. The molecule has 1 aromatic rings. The average Bonchev–Trinajstić information content (AvgIpc) is 2.35. The van der Waals surface area contributed by atoms with E-state index in [9.17, 15) is 10.1 Å². The molecule has 104 valence electrons. The molecule has 19 heavy (non-hydrogen) atoms. The van der Waals surface area contributed by atoms with Gasteiger partial charge in [-0.05, 0) is 13.1 Å². The molecule has 0 bridgehead atoms. The number of hydrogen-bond acceptors (Lipinski definition) is 4. The summed E-state index contributed by atoms with van der Waals surface area (Å²) >= 11 is 6.02. The van der Waals surface area contributed by atoms with Crippen molar-refractivity contribution < 1.29 is 9.66 Å². The van der Waals surface area contributed by atoms with Crippen LogP contribution >= 0.6 is 11.6 Å². The molecule has 1 fully saturated rings. The first-order valence-corrected chi connectivity index (χ1v) is 6.52. The van der Waals surface area contributed by atoms with Gasteiger partial charge in [0.15, 0.2) is 0 Å². The van der Waals surface area contributed by atoms with Crippen molar-refractivity contribution in [1.82, 2.24) is 5.32 Å². The van der Waals surface area contributed by atoms with Crippen molar-refractivity contribution in [2.45, 2.75) is 32.4 Å². The minimum Gasteiger partial charge on any atom is -0.488 e. The standard InChI is InChI=1S/C13H17ClN2O3/c1-13(2)11(15-3)7-12(13)19-10-5-4-8(16(17)18)6-9(10)14/h4-6,11-12,15H,7H2,1-3H3. The molecule has 1 aliphatic carbocycles. The van der Waals surface area contributed by atoms with Crippen LogP contribution in [0.1, 0.15) is 20.3 Å². The van der Waals surface area contributed by atoms with Crippen LogP contribution in [0.5, 0.6) is 5.75 Å². The van der Waals surface area contributed by atoms with Crippen LogP contribution in [0.4, 0.5) is 5.69 Å². The minimum absolute atomic E-state index is 0.0137. The van der Waals surface area contributed by atoms with Crippen LogP contribution in [0.15, 0.2) is 18.2 Å². The summed E-state index contributed by atoms with van der Waals surface area (Å²) in [6.07, 6.45) is 0.959. The summed E-state index contributed by atoms with van der Waals surface area (Å²) in [6, 6.07) is 4.69. The number of benzene rings is 1. The van der Waals surface area contributed by atoms with Gasteiger partial charge >= 0.3 is 0 Å². The zero-order valence-electron chi connectivity index (χ0n) is 11.1. The lowest BCUT2D eigenvalue weighted by molar-refractivity contribution is -0.384. The number of nitrogens with zero attached hydrogens (tertiary/aromatic N) is 1. The van der Waals surface area contributed by atoms with Crippen molar-refractivity contribution in [3.05, 3.63) is 33.3 Å². The Labute approximate surface area is 117 Å². The van der Waals surface area contributed by atoms with Gasteiger partial charge in [-0.25, -0.2) is 0 Å². The Hall–Kier alpha value is -1.33. The van der Waals surface area contributed by atoms with E-state index in [1.807, 2.05) is 7.05 Å². The van der Waals surface area contributed by atoms with E-state index < -0.39 is 4.92 Å². The van der Waals surface area contributed by atoms with Crippen LogP contribution in [0.25, 0.3) is 0 Å². The first kappa shape index (κ1) is 14.1. The van der Waals surface area contributed by atoms with Gasteiger partial charge in [0.2, 0.25) is 0 Å². The number of hydrogen-bond donors (Lipinski definition) is 1. The van der Waals surface area contributed by atoms with Gasteiger partial charge in [0, 0.05) is 30.0 Å². The van der Waals surface area contributed by atoms with Gasteiger partial charge in [0.25, 0.3) is 5.69 Å². The smallest absolute Gasteiger partial charge is 0.271 e. The van der Waals surface area contributed by atoms with Gasteiger partial charge in [-0.2, -0.15) is 0 Å². The minimum atomic E-state index is -0.472. The molecule has 0 aliphatic heterocycles. The monoisotopic (exact) mass is 284 g/mol. The van der Waals surface area contributed by atoms with Gasteiger partial charge in [-0.1, -0.05) is 25.4 Å². The number of halogens is 1. The van der Waals surface area contributed by atoms with Gasteiger partial charge in [0.1, 0.15) is 11.9 Å². The largest absolute Gasteiger partial charge is 0.488 e. The molecule has 1 aromatic carbocycles. The van der Waals surface area contributed by atoms with Crippen LogP contribution < -0.4 is 10.1 Å². The molecule has 2 unspecified atom stereocenters. The molecule has 5 nitrogen and oxygen atoms in total. The topological polar surface area (TPSA) is 64.4 Å². The predicted octanol–water partition coefficient (Wildman–Crippen LogP) is 3.01. The van der Waals surface area contributed by atoms with Crippen LogP contribution in [0.3, 0.4) is 0 Å². The van der Waals surface area contributed by atoms with E-state index in [1.165, 1.54) is 12.1 Å². The van der Waals surface area contributed by atoms with Crippen molar-refractivity contribution in [3.63, 3.8) is 0 Å². The maximum absolute atomic E-state index is 10.6. The van der Waals surface area contributed by atoms with Gasteiger partial charge in [-0.15, -0.1) is 0 Å². The van der Waals surface area contributed by atoms with Crippen molar-refractivity contribution in [1.29, 1.82) is 0 Å². The highest BCUT2D eigenvalue weighted by molar-refractivity contribution is 6.32. The summed E-state index contributed by atoms with van der Waals surface area (Å²) in [6.45, 7) is 4.25. The summed E-state index contributed by atoms with van der Waals surface area (Å²) in [5.41, 5.74) is -0.0156. The predicted molar refractivity (Wildman–Crippen MR) is 73.8 cm³/mol. The van der Waals surface area contributed by atoms with E-state index in [0.717, 1.165) is 6.42 Å². The molecular weight excluding hydrogens is 268 g/mol.